The Morgan fingerprint density at radius 3 is 3.09 bits per heavy atom. The van der Waals surface area contributed by atoms with Gasteiger partial charge in [0.2, 0.25) is 0 Å². The summed E-state index contributed by atoms with van der Waals surface area (Å²) in [5, 5.41) is 13.4. The molecule has 0 saturated carbocycles. The van der Waals surface area contributed by atoms with Crippen molar-refractivity contribution in [3.63, 3.8) is 0 Å². The molecule has 3 rings (SSSR count). The number of nitriles is 1. The molecule has 6 heteroatoms. The maximum absolute atomic E-state index is 13.2. The fourth-order valence-corrected chi connectivity index (χ4v) is 2.84. The summed E-state index contributed by atoms with van der Waals surface area (Å²) in [5.74, 6) is -0.376. The van der Waals surface area contributed by atoms with Crippen LogP contribution in [0.4, 0.5) is 4.39 Å². The maximum atomic E-state index is 13.2. The predicted molar refractivity (Wildman–Crippen MR) is 83.1 cm³/mol. The van der Waals surface area contributed by atoms with E-state index in [1.54, 1.807) is 6.07 Å². The van der Waals surface area contributed by atoms with E-state index in [1.807, 2.05) is 24.0 Å². The van der Waals surface area contributed by atoms with Crippen LogP contribution in [0.3, 0.4) is 0 Å². The summed E-state index contributed by atoms with van der Waals surface area (Å²) in [7, 11) is 0. The highest BCUT2D eigenvalue weighted by molar-refractivity contribution is 5.37. The third kappa shape index (κ3) is 3.95. The zero-order valence-electron chi connectivity index (χ0n) is 13.1. The van der Waals surface area contributed by atoms with Gasteiger partial charge in [0.25, 0.3) is 0 Å². The molecule has 0 amide bonds. The third-order valence-electron chi connectivity index (χ3n) is 3.96. The highest BCUT2D eigenvalue weighted by atomic mass is 19.1. The average Bonchev–Trinajstić information content (AvgIpc) is 2.94. The minimum Gasteiger partial charge on any atom is -0.374 e. The summed E-state index contributed by atoms with van der Waals surface area (Å²) in [4.78, 5) is 2.23. The normalized spacial score (nSPS) is 18.7. The Kier molecular flexibility index (Phi) is 4.70. The van der Waals surface area contributed by atoms with Gasteiger partial charge in [-0.1, -0.05) is 6.07 Å². The fraction of sp³-hybridized carbons (Fsp3) is 0.412. The minimum atomic E-state index is -0.376. The molecule has 2 aromatic rings. The molecule has 1 saturated heterocycles. The number of aryl methyl sites for hydroxylation is 1. The minimum absolute atomic E-state index is 0.0639. The van der Waals surface area contributed by atoms with E-state index in [1.165, 1.54) is 12.1 Å². The van der Waals surface area contributed by atoms with Crippen LogP contribution in [-0.2, 0) is 17.8 Å². The van der Waals surface area contributed by atoms with E-state index in [4.69, 9.17) is 10.00 Å². The van der Waals surface area contributed by atoms with E-state index in [-0.39, 0.29) is 11.9 Å². The Morgan fingerprint density at radius 2 is 2.35 bits per heavy atom. The molecule has 5 nitrogen and oxygen atoms in total. The number of hydrogen-bond acceptors (Lipinski definition) is 4. The Labute approximate surface area is 134 Å². The van der Waals surface area contributed by atoms with Crippen LogP contribution in [0.5, 0.6) is 0 Å². The number of aromatic nitrogens is 2. The van der Waals surface area contributed by atoms with Gasteiger partial charge < -0.3 is 4.74 Å². The second kappa shape index (κ2) is 6.90. The van der Waals surface area contributed by atoms with Crippen molar-refractivity contribution >= 4 is 0 Å². The van der Waals surface area contributed by atoms with E-state index in [0.717, 1.165) is 24.2 Å². The van der Waals surface area contributed by atoms with Gasteiger partial charge in [0.1, 0.15) is 5.82 Å². The van der Waals surface area contributed by atoms with Crippen LogP contribution in [0.1, 0.15) is 16.7 Å². The van der Waals surface area contributed by atoms with E-state index >= 15 is 0 Å². The standard InChI is InChI=1S/C17H19FN4O/c1-13-8-20-22(9-13)12-17-11-21(4-5-23-17)10-14-2-3-16(18)6-15(14)7-19/h2-3,6,8-9,17H,4-5,10-12H2,1H3. The molecule has 1 fully saturated rings. The first-order valence-electron chi connectivity index (χ1n) is 7.65. The molecule has 1 aliphatic rings. The van der Waals surface area contributed by atoms with Crippen molar-refractivity contribution in [1.29, 1.82) is 5.26 Å². The summed E-state index contributed by atoms with van der Waals surface area (Å²) in [6.07, 6.45) is 3.89. The summed E-state index contributed by atoms with van der Waals surface area (Å²) in [5.41, 5.74) is 2.38. The lowest BCUT2D eigenvalue weighted by atomic mass is 10.1. The fourth-order valence-electron chi connectivity index (χ4n) is 2.84. The van der Waals surface area contributed by atoms with Crippen molar-refractivity contribution in [2.24, 2.45) is 0 Å². The molecule has 1 aromatic carbocycles. The zero-order chi connectivity index (χ0) is 16.2. The summed E-state index contributed by atoms with van der Waals surface area (Å²) in [6, 6.07) is 6.45. The topological polar surface area (TPSA) is 54.1 Å². The molecule has 0 N–H and O–H groups in total. The van der Waals surface area contributed by atoms with Gasteiger partial charge >= 0.3 is 0 Å². The molecular formula is C17H19FN4O. The Balaban J connectivity index is 1.64. The molecule has 23 heavy (non-hydrogen) atoms. The molecule has 2 heterocycles. The molecule has 1 aliphatic heterocycles. The molecule has 0 spiro atoms. The molecule has 1 unspecified atom stereocenters. The van der Waals surface area contributed by atoms with E-state index < -0.39 is 0 Å². The number of hydrogen-bond donors (Lipinski definition) is 0. The van der Waals surface area contributed by atoms with Crippen LogP contribution < -0.4 is 0 Å². The van der Waals surface area contributed by atoms with Crippen LogP contribution in [-0.4, -0.2) is 40.5 Å². The van der Waals surface area contributed by atoms with Crippen LogP contribution >= 0.6 is 0 Å². The maximum Gasteiger partial charge on any atom is 0.124 e. The average molecular weight is 314 g/mol. The lowest BCUT2D eigenvalue weighted by Crippen LogP contribution is -2.43. The monoisotopic (exact) mass is 314 g/mol. The van der Waals surface area contributed by atoms with Crippen LogP contribution in [0.15, 0.2) is 30.6 Å². The SMILES string of the molecule is Cc1cnn(CC2CN(Cc3ccc(F)cc3C#N)CCO2)c1. The van der Waals surface area contributed by atoms with Gasteiger partial charge in [0, 0.05) is 25.8 Å². The largest absolute Gasteiger partial charge is 0.374 e. The number of rotatable bonds is 4. The lowest BCUT2D eigenvalue weighted by molar-refractivity contribution is -0.0402. The van der Waals surface area contributed by atoms with Crippen molar-refractivity contribution in [3.05, 3.63) is 53.1 Å². The second-order valence-electron chi connectivity index (χ2n) is 5.88. The number of morpholine rings is 1. The van der Waals surface area contributed by atoms with E-state index in [9.17, 15) is 4.39 Å². The molecular weight excluding hydrogens is 295 g/mol. The van der Waals surface area contributed by atoms with Gasteiger partial charge in [-0.25, -0.2) is 4.39 Å². The number of nitrogens with zero attached hydrogens (tertiary/aromatic N) is 4. The van der Waals surface area contributed by atoms with Gasteiger partial charge in [-0.05, 0) is 30.2 Å². The Bertz CT molecular complexity index is 722. The van der Waals surface area contributed by atoms with Gasteiger partial charge in [-0.3, -0.25) is 9.58 Å². The lowest BCUT2D eigenvalue weighted by Gasteiger charge is -2.33. The predicted octanol–water partition coefficient (Wildman–Crippen LogP) is 2.10. The van der Waals surface area contributed by atoms with Crippen molar-refractivity contribution in [3.8, 4) is 6.07 Å². The Morgan fingerprint density at radius 1 is 1.48 bits per heavy atom. The van der Waals surface area contributed by atoms with E-state index in [0.29, 0.717) is 25.3 Å². The molecule has 1 aromatic heterocycles. The van der Waals surface area contributed by atoms with Crippen LogP contribution in [0.25, 0.3) is 0 Å². The van der Waals surface area contributed by atoms with Crippen molar-refractivity contribution in [2.75, 3.05) is 19.7 Å². The first-order chi connectivity index (χ1) is 11.1. The summed E-state index contributed by atoms with van der Waals surface area (Å²) in [6.45, 7) is 5.56. The van der Waals surface area contributed by atoms with Gasteiger partial charge in [-0.2, -0.15) is 10.4 Å². The third-order valence-corrected chi connectivity index (χ3v) is 3.96. The highest BCUT2D eigenvalue weighted by Gasteiger charge is 2.22. The first-order valence-corrected chi connectivity index (χ1v) is 7.65. The van der Waals surface area contributed by atoms with Crippen molar-refractivity contribution in [1.82, 2.24) is 14.7 Å². The van der Waals surface area contributed by atoms with Crippen LogP contribution in [0, 0.1) is 24.1 Å². The zero-order valence-corrected chi connectivity index (χ0v) is 13.1. The Hall–Kier alpha value is -2.23. The van der Waals surface area contributed by atoms with Crippen molar-refractivity contribution < 1.29 is 9.13 Å². The molecule has 1 atom stereocenters. The smallest absolute Gasteiger partial charge is 0.124 e. The first kappa shape index (κ1) is 15.7. The number of ether oxygens (including phenoxy) is 1. The van der Waals surface area contributed by atoms with Gasteiger partial charge in [-0.15, -0.1) is 0 Å². The number of halogens is 1. The van der Waals surface area contributed by atoms with Gasteiger partial charge in [0.15, 0.2) is 0 Å². The molecule has 0 bridgehead atoms. The molecule has 0 radical (unpaired) electrons. The van der Waals surface area contributed by atoms with Crippen molar-refractivity contribution in [2.45, 2.75) is 26.1 Å². The van der Waals surface area contributed by atoms with E-state index in [2.05, 4.69) is 16.1 Å². The summed E-state index contributed by atoms with van der Waals surface area (Å²) < 4.78 is 20.9. The number of benzene rings is 1. The van der Waals surface area contributed by atoms with Gasteiger partial charge in [0.05, 0.1) is 37.1 Å². The molecule has 0 aliphatic carbocycles. The highest BCUT2D eigenvalue weighted by Crippen LogP contribution is 2.16. The summed E-state index contributed by atoms with van der Waals surface area (Å²) >= 11 is 0. The molecule has 120 valence electrons. The van der Waals surface area contributed by atoms with Crippen LogP contribution in [0.2, 0.25) is 0 Å². The second-order valence-corrected chi connectivity index (χ2v) is 5.88. The quantitative estimate of drug-likeness (QED) is 0.867.